The number of ether oxygens (including phenoxy) is 7. The number of unbranched alkanes of at least 4 members (excludes halogenated alkanes) is 2. The van der Waals surface area contributed by atoms with Crippen molar-refractivity contribution in [2.75, 3.05) is 84.6 Å². The predicted octanol–water partition coefficient (Wildman–Crippen LogP) is 2.42. The number of imide groups is 2. The van der Waals surface area contributed by atoms with Gasteiger partial charge in [-0.05, 0) is 52.2 Å². The number of hydrogen-bond donors (Lipinski definition) is 2. The number of amides is 5. The highest BCUT2D eigenvalue weighted by Gasteiger charge is 2.45. The molecule has 16 nitrogen and oxygen atoms in total. The number of fused-ring (bicyclic) bond motifs is 1. The van der Waals surface area contributed by atoms with Gasteiger partial charge in [0.25, 0.3) is 11.8 Å². The summed E-state index contributed by atoms with van der Waals surface area (Å²) >= 11 is 0. The molecule has 1 fully saturated rings. The summed E-state index contributed by atoms with van der Waals surface area (Å²) < 4.78 is 38.0. The lowest BCUT2D eigenvalue weighted by Crippen LogP contribution is -2.54. The van der Waals surface area contributed by atoms with Crippen molar-refractivity contribution in [3.63, 3.8) is 0 Å². The predicted molar refractivity (Wildman–Crippen MR) is 186 cm³/mol. The lowest BCUT2D eigenvalue weighted by molar-refractivity contribution is -0.156. The van der Waals surface area contributed by atoms with Gasteiger partial charge in [0.1, 0.15) is 11.6 Å². The lowest BCUT2D eigenvalue weighted by atomic mass is 10.0. The standard InChI is InChI=1S/C36H53N3O13/c1-36(2,3)52-31(42)13-15-47-17-19-49-21-23-51-25-24-50-22-20-48-18-16-46-14-6-4-5-10-29(40)37-27-9-7-8-26-32(27)35(45)39(34(26)44)28-11-12-30(41)38-33(28)43/h7-9,28H,4-6,10-25H2,1-3H3,(H,37,40)(H,38,41,43). The monoisotopic (exact) mass is 735 g/mol. The van der Waals surface area contributed by atoms with E-state index in [4.69, 9.17) is 33.2 Å². The normalized spacial score (nSPS) is 15.9. The van der Waals surface area contributed by atoms with E-state index >= 15 is 0 Å². The van der Waals surface area contributed by atoms with Crippen LogP contribution in [0, 0.1) is 0 Å². The number of carbonyl (C=O) groups is 6. The largest absolute Gasteiger partial charge is 0.460 e. The van der Waals surface area contributed by atoms with E-state index in [9.17, 15) is 28.8 Å². The summed E-state index contributed by atoms with van der Waals surface area (Å²) in [6.45, 7) is 10.6. The molecule has 0 bridgehead atoms. The van der Waals surface area contributed by atoms with Crippen LogP contribution in [0.5, 0.6) is 0 Å². The van der Waals surface area contributed by atoms with Crippen molar-refractivity contribution in [2.24, 2.45) is 0 Å². The van der Waals surface area contributed by atoms with Crippen molar-refractivity contribution in [1.82, 2.24) is 10.2 Å². The van der Waals surface area contributed by atoms with Crippen molar-refractivity contribution in [2.45, 2.75) is 77.4 Å². The molecule has 0 spiro atoms. The molecule has 1 saturated heterocycles. The highest BCUT2D eigenvalue weighted by molar-refractivity contribution is 6.26. The number of nitrogens with zero attached hydrogens (tertiary/aromatic N) is 1. The van der Waals surface area contributed by atoms with Crippen molar-refractivity contribution in [1.29, 1.82) is 0 Å². The molecule has 0 aliphatic carbocycles. The molecule has 2 heterocycles. The molecule has 16 heteroatoms. The molecule has 0 saturated carbocycles. The van der Waals surface area contributed by atoms with Crippen LogP contribution in [-0.2, 0) is 52.3 Å². The number of anilines is 1. The molecule has 1 atom stereocenters. The Kier molecular flexibility index (Phi) is 18.8. The zero-order valence-electron chi connectivity index (χ0n) is 30.5. The molecular weight excluding hydrogens is 682 g/mol. The highest BCUT2D eigenvalue weighted by Crippen LogP contribution is 2.32. The Balaban J connectivity index is 1.09. The minimum absolute atomic E-state index is 0.0273. The zero-order valence-corrected chi connectivity index (χ0v) is 30.5. The Bertz CT molecular complexity index is 1350. The maximum Gasteiger partial charge on any atom is 0.308 e. The average molecular weight is 736 g/mol. The van der Waals surface area contributed by atoms with Gasteiger partial charge >= 0.3 is 5.97 Å². The van der Waals surface area contributed by atoms with Crippen LogP contribution in [0.3, 0.4) is 0 Å². The molecule has 0 aromatic heterocycles. The molecule has 2 aliphatic rings. The minimum atomic E-state index is -1.07. The SMILES string of the molecule is CC(C)(C)OC(=O)CCOCCOCCOCCOCCOCCOCCCCCC(=O)Nc1cccc2c1C(=O)N(C1CCC(=O)NC1=O)C2=O. The van der Waals surface area contributed by atoms with Crippen LogP contribution in [0.25, 0.3) is 0 Å². The Hall–Kier alpha value is -3.80. The zero-order chi connectivity index (χ0) is 37.8. The number of rotatable bonds is 26. The Morgan fingerprint density at radius 1 is 0.731 bits per heavy atom. The van der Waals surface area contributed by atoms with E-state index < -0.39 is 35.3 Å². The lowest BCUT2D eigenvalue weighted by Gasteiger charge is -2.27. The molecule has 1 unspecified atom stereocenters. The molecule has 3 rings (SSSR count). The first-order valence-corrected chi connectivity index (χ1v) is 17.8. The van der Waals surface area contributed by atoms with Crippen molar-refractivity contribution >= 4 is 41.2 Å². The fraction of sp³-hybridized carbons (Fsp3) is 0.667. The Morgan fingerprint density at radius 2 is 1.29 bits per heavy atom. The number of nitrogens with one attached hydrogen (secondary N) is 2. The van der Waals surface area contributed by atoms with Gasteiger partial charge in [-0.25, -0.2) is 0 Å². The number of benzene rings is 1. The van der Waals surface area contributed by atoms with Crippen molar-refractivity contribution in [3.8, 4) is 0 Å². The molecule has 52 heavy (non-hydrogen) atoms. The number of piperidine rings is 1. The van der Waals surface area contributed by atoms with Gasteiger partial charge in [-0.15, -0.1) is 0 Å². The molecule has 2 aliphatic heterocycles. The van der Waals surface area contributed by atoms with Crippen LogP contribution in [0.15, 0.2) is 18.2 Å². The van der Waals surface area contributed by atoms with Crippen LogP contribution >= 0.6 is 0 Å². The summed E-state index contributed by atoms with van der Waals surface area (Å²) in [5, 5.41) is 4.89. The molecule has 290 valence electrons. The second-order valence-corrected chi connectivity index (χ2v) is 13.0. The first-order chi connectivity index (χ1) is 25.0. The van der Waals surface area contributed by atoms with E-state index in [0.29, 0.717) is 85.7 Å². The summed E-state index contributed by atoms with van der Waals surface area (Å²) in [7, 11) is 0. The molecular formula is C36H53N3O13. The van der Waals surface area contributed by atoms with Crippen LogP contribution < -0.4 is 10.6 Å². The quantitative estimate of drug-likeness (QED) is 0.0801. The Morgan fingerprint density at radius 3 is 1.85 bits per heavy atom. The molecule has 1 aromatic carbocycles. The second-order valence-electron chi connectivity index (χ2n) is 13.0. The summed E-state index contributed by atoms with van der Waals surface area (Å²) in [6.07, 6.45) is 2.65. The Labute approximate surface area is 304 Å². The van der Waals surface area contributed by atoms with E-state index in [1.165, 1.54) is 6.07 Å². The first kappa shape index (κ1) is 42.6. The van der Waals surface area contributed by atoms with E-state index in [2.05, 4.69) is 10.6 Å². The molecule has 5 amide bonds. The smallest absolute Gasteiger partial charge is 0.308 e. The number of carbonyl (C=O) groups excluding carboxylic acids is 6. The maximum absolute atomic E-state index is 13.2. The van der Waals surface area contributed by atoms with E-state index in [1.807, 2.05) is 20.8 Å². The summed E-state index contributed by atoms with van der Waals surface area (Å²) in [6, 6.07) is 3.52. The van der Waals surface area contributed by atoms with Gasteiger partial charge < -0.3 is 38.5 Å². The number of esters is 1. The van der Waals surface area contributed by atoms with Crippen LogP contribution in [0.4, 0.5) is 5.69 Å². The van der Waals surface area contributed by atoms with E-state index in [-0.39, 0.29) is 54.4 Å². The summed E-state index contributed by atoms with van der Waals surface area (Å²) in [5.74, 6) is -3.01. The van der Waals surface area contributed by atoms with Gasteiger partial charge in [-0.2, -0.15) is 0 Å². The van der Waals surface area contributed by atoms with Gasteiger partial charge in [0.05, 0.1) is 95.9 Å². The van der Waals surface area contributed by atoms with Crippen LogP contribution in [-0.4, -0.2) is 131 Å². The van der Waals surface area contributed by atoms with Gasteiger partial charge in [0.2, 0.25) is 17.7 Å². The van der Waals surface area contributed by atoms with E-state index in [1.54, 1.807) is 12.1 Å². The van der Waals surface area contributed by atoms with E-state index in [0.717, 1.165) is 17.7 Å². The summed E-state index contributed by atoms with van der Waals surface area (Å²) in [4.78, 5) is 75.0. The molecule has 2 N–H and O–H groups in total. The van der Waals surface area contributed by atoms with Gasteiger partial charge in [-0.1, -0.05) is 12.5 Å². The fourth-order valence-corrected chi connectivity index (χ4v) is 5.25. The minimum Gasteiger partial charge on any atom is -0.460 e. The summed E-state index contributed by atoms with van der Waals surface area (Å²) in [5.41, 5.74) is -0.117. The number of hydrogen-bond acceptors (Lipinski definition) is 13. The average Bonchev–Trinajstić information content (AvgIpc) is 3.33. The van der Waals surface area contributed by atoms with Crippen molar-refractivity contribution in [3.05, 3.63) is 29.3 Å². The third-order valence-electron chi connectivity index (χ3n) is 7.67. The highest BCUT2D eigenvalue weighted by atomic mass is 16.6. The fourth-order valence-electron chi connectivity index (χ4n) is 5.25. The van der Waals surface area contributed by atoms with Crippen LogP contribution in [0.1, 0.15) is 86.4 Å². The van der Waals surface area contributed by atoms with Crippen LogP contribution in [0.2, 0.25) is 0 Å². The second kappa shape index (κ2) is 23.0. The molecule has 0 radical (unpaired) electrons. The third kappa shape index (κ3) is 15.4. The molecule has 1 aromatic rings. The van der Waals surface area contributed by atoms with Gasteiger partial charge in [0, 0.05) is 19.4 Å². The topological polar surface area (TPSA) is 194 Å². The van der Waals surface area contributed by atoms with Crippen molar-refractivity contribution < 1.29 is 61.9 Å². The van der Waals surface area contributed by atoms with Gasteiger partial charge in [0.15, 0.2) is 0 Å². The first-order valence-electron chi connectivity index (χ1n) is 17.8. The van der Waals surface area contributed by atoms with Gasteiger partial charge in [-0.3, -0.25) is 39.0 Å². The third-order valence-corrected chi connectivity index (χ3v) is 7.67. The maximum atomic E-state index is 13.2.